The van der Waals surface area contributed by atoms with E-state index in [9.17, 15) is 5.11 Å². The molecular weight excluding hydrogens is 294 g/mol. The Labute approximate surface area is 144 Å². The lowest BCUT2D eigenvalue weighted by Crippen LogP contribution is -2.20. The maximum absolute atomic E-state index is 10.5. The van der Waals surface area contributed by atoms with Crippen molar-refractivity contribution in [2.24, 2.45) is 0 Å². The summed E-state index contributed by atoms with van der Waals surface area (Å²) in [5, 5.41) is 15.6. The highest BCUT2D eigenvalue weighted by atomic mass is 16.3. The van der Waals surface area contributed by atoms with E-state index in [2.05, 4.69) is 63.2 Å². The number of aliphatic hydroxyl groups excluding tert-OH is 1. The Morgan fingerprint density at radius 3 is 2.25 bits per heavy atom. The van der Waals surface area contributed by atoms with Crippen LogP contribution in [0.4, 0.5) is 0 Å². The van der Waals surface area contributed by atoms with Crippen LogP contribution in [0.25, 0.3) is 21.5 Å². The maximum atomic E-state index is 10.5. The van der Waals surface area contributed by atoms with E-state index >= 15 is 0 Å². The van der Waals surface area contributed by atoms with Crippen LogP contribution in [0.3, 0.4) is 0 Å². The molecule has 0 aliphatic heterocycles. The lowest BCUT2D eigenvalue weighted by atomic mass is 9.92. The number of benzene rings is 3. The summed E-state index contributed by atoms with van der Waals surface area (Å²) < 4.78 is 0. The molecule has 0 spiro atoms. The van der Waals surface area contributed by atoms with Crippen LogP contribution in [-0.2, 0) is 0 Å². The van der Waals surface area contributed by atoms with Gasteiger partial charge in [-0.25, -0.2) is 0 Å². The zero-order chi connectivity index (χ0) is 17.4. The van der Waals surface area contributed by atoms with Crippen LogP contribution in [0.15, 0.2) is 42.5 Å². The molecular formula is C22H27NO. The number of rotatable bonds is 4. The van der Waals surface area contributed by atoms with Gasteiger partial charge in [0.15, 0.2) is 0 Å². The van der Waals surface area contributed by atoms with E-state index in [4.69, 9.17) is 0 Å². The third-order valence-corrected chi connectivity index (χ3v) is 4.79. The summed E-state index contributed by atoms with van der Waals surface area (Å²) >= 11 is 0. The van der Waals surface area contributed by atoms with Crippen LogP contribution in [-0.4, -0.2) is 30.6 Å². The largest absolute Gasteiger partial charge is 0.387 e. The molecule has 3 rings (SSSR count). The summed E-state index contributed by atoms with van der Waals surface area (Å²) in [6.07, 6.45) is -0.465. The highest BCUT2D eigenvalue weighted by molar-refractivity contribution is 6.08. The van der Waals surface area contributed by atoms with Gasteiger partial charge in [-0.05, 0) is 71.2 Å². The van der Waals surface area contributed by atoms with Crippen molar-refractivity contribution in [3.63, 3.8) is 0 Å². The highest BCUT2D eigenvalue weighted by Gasteiger charge is 2.13. The van der Waals surface area contributed by atoms with Gasteiger partial charge < -0.3 is 10.0 Å². The van der Waals surface area contributed by atoms with Crippen LogP contribution in [0.5, 0.6) is 0 Å². The molecule has 0 saturated heterocycles. The second-order valence-corrected chi connectivity index (χ2v) is 7.41. The highest BCUT2D eigenvalue weighted by Crippen LogP contribution is 2.32. The van der Waals surface area contributed by atoms with E-state index in [1.54, 1.807) is 0 Å². The first kappa shape index (κ1) is 16.9. The Kier molecular flexibility index (Phi) is 4.62. The fourth-order valence-electron chi connectivity index (χ4n) is 3.41. The summed E-state index contributed by atoms with van der Waals surface area (Å²) in [7, 11) is 3.97. The summed E-state index contributed by atoms with van der Waals surface area (Å²) in [5.74, 6) is 0.528. The van der Waals surface area contributed by atoms with Crippen LogP contribution < -0.4 is 0 Å². The van der Waals surface area contributed by atoms with Crippen LogP contribution in [0.2, 0.25) is 0 Å². The number of aliphatic hydroxyl groups is 1. The van der Waals surface area contributed by atoms with Crippen LogP contribution in [0.1, 0.15) is 42.6 Å². The lowest BCUT2D eigenvalue weighted by Gasteiger charge is -2.18. The minimum absolute atomic E-state index is 0.465. The summed E-state index contributed by atoms with van der Waals surface area (Å²) in [6.45, 7) is 7.21. The molecule has 24 heavy (non-hydrogen) atoms. The molecule has 0 bridgehead atoms. The maximum Gasteiger partial charge on any atom is 0.0916 e. The van der Waals surface area contributed by atoms with Crippen molar-refractivity contribution in [1.82, 2.24) is 4.90 Å². The number of nitrogens with zero attached hydrogens (tertiary/aromatic N) is 1. The first-order valence-electron chi connectivity index (χ1n) is 8.66. The molecule has 1 unspecified atom stereocenters. The van der Waals surface area contributed by atoms with Gasteiger partial charge in [0.25, 0.3) is 0 Å². The van der Waals surface area contributed by atoms with E-state index in [1.807, 2.05) is 19.0 Å². The third kappa shape index (κ3) is 3.17. The average molecular weight is 321 g/mol. The van der Waals surface area contributed by atoms with E-state index in [0.717, 1.165) is 5.56 Å². The number of hydrogen-bond acceptors (Lipinski definition) is 2. The number of hydrogen-bond donors (Lipinski definition) is 1. The zero-order valence-corrected chi connectivity index (χ0v) is 15.3. The molecule has 0 aliphatic rings. The van der Waals surface area contributed by atoms with Crippen molar-refractivity contribution in [3.05, 3.63) is 59.2 Å². The smallest absolute Gasteiger partial charge is 0.0916 e. The predicted octanol–water partition coefficient (Wildman–Crippen LogP) is 5.02. The van der Waals surface area contributed by atoms with E-state index in [0.29, 0.717) is 12.5 Å². The first-order chi connectivity index (χ1) is 11.4. The minimum atomic E-state index is -0.465. The van der Waals surface area contributed by atoms with Crippen molar-refractivity contribution >= 4 is 21.5 Å². The molecule has 1 N–H and O–H groups in total. The molecule has 0 aromatic heterocycles. The zero-order valence-electron chi connectivity index (χ0n) is 15.3. The molecule has 3 aromatic rings. The predicted molar refractivity (Wildman–Crippen MR) is 104 cm³/mol. The van der Waals surface area contributed by atoms with Crippen LogP contribution in [0, 0.1) is 6.92 Å². The summed E-state index contributed by atoms with van der Waals surface area (Å²) in [4.78, 5) is 2.02. The lowest BCUT2D eigenvalue weighted by molar-refractivity contribution is 0.138. The van der Waals surface area contributed by atoms with Crippen molar-refractivity contribution in [3.8, 4) is 0 Å². The molecule has 2 nitrogen and oxygen atoms in total. The Balaban J connectivity index is 2.21. The van der Waals surface area contributed by atoms with Gasteiger partial charge in [0.1, 0.15) is 0 Å². The van der Waals surface area contributed by atoms with Gasteiger partial charge in [-0.2, -0.15) is 0 Å². The Morgan fingerprint density at radius 2 is 1.58 bits per heavy atom. The fourth-order valence-corrected chi connectivity index (χ4v) is 3.41. The average Bonchev–Trinajstić information content (AvgIpc) is 2.53. The minimum Gasteiger partial charge on any atom is -0.387 e. The van der Waals surface area contributed by atoms with Gasteiger partial charge in [0.2, 0.25) is 0 Å². The molecule has 0 radical (unpaired) electrons. The second-order valence-electron chi connectivity index (χ2n) is 7.41. The van der Waals surface area contributed by atoms with Gasteiger partial charge in [0.05, 0.1) is 6.10 Å². The summed E-state index contributed by atoms with van der Waals surface area (Å²) in [6, 6.07) is 15.4. The topological polar surface area (TPSA) is 23.5 Å². The van der Waals surface area contributed by atoms with Gasteiger partial charge in [-0.1, -0.05) is 50.2 Å². The van der Waals surface area contributed by atoms with E-state index in [-0.39, 0.29) is 0 Å². The molecule has 1 atom stereocenters. The van der Waals surface area contributed by atoms with Crippen molar-refractivity contribution in [2.75, 3.05) is 20.6 Å². The van der Waals surface area contributed by atoms with Crippen LogP contribution >= 0.6 is 0 Å². The van der Waals surface area contributed by atoms with Gasteiger partial charge in [-0.3, -0.25) is 0 Å². The molecule has 126 valence electrons. The Hall–Kier alpha value is -1.90. The SMILES string of the molecule is Cc1cc(C(O)CN(C)C)cc2c1ccc1cc(C(C)C)ccc12. The van der Waals surface area contributed by atoms with Gasteiger partial charge in [-0.15, -0.1) is 0 Å². The molecule has 0 fully saturated rings. The monoisotopic (exact) mass is 321 g/mol. The number of aryl methyl sites for hydroxylation is 1. The third-order valence-electron chi connectivity index (χ3n) is 4.79. The fraction of sp³-hybridized carbons (Fsp3) is 0.364. The Morgan fingerprint density at radius 1 is 0.875 bits per heavy atom. The molecule has 3 aromatic carbocycles. The molecule has 2 heteroatoms. The normalized spacial score (nSPS) is 13.3. The number of fused-ring (bicyclic) bond motifs is 3. The van der Waals surface area contributed by atoms with Crippen molar-refractivity contribution in [1.29, 1.82) is 0 Å². The van der Waals surface area contributed by atoms with Crippen molar-refractivity contribution in [2.45, 2.75) is 32.8 Å². The molecule has 0 amide bonds. The molecule has 0 saturated carbocycles. The quantitative estimate of drug-likeness (QED) is 0.682. The standard InChI is InChI=1S/C22H27NO/c1-14(2)16-6-9-20-17(11-16)7-8-19-15(3)10-18(12-21(19)20)22(24)13-23(4)5/h6-12,14,22,24H,13H2,1-5H3. The first-order valence-corrected chi connectivity index (χ1v) is 8.66. The van der Waals surface area contributed by atoms with E-state index < -0.39 is 6.10 Å². The summed E-state index contributed by atoms with van der Waals surface area (Å²) in [5.41, 5.74) is 3.58. The van der Waals surface area contributed by atoms with Crippen molar-refractivity contribution < 1.29 is 5.11 Å². The van der Waals surface area contributed by atoms with Gasteiger partial charge >= 0.3 is 0 Å². The second kappa shape index (κ2) is 6.54. The number of likely N-dealkylation sites (N-methyl/N-ethyl adjacent to an activating group) is 1. The van der Waals surface area contributed by atoms with E-state index in [1.165, 1.54) is 32.7 Å². The van der Waals surface area contributed by atoms with Gasteiger partial charge in [0, 0.05) is 6.54 Å². The molecule has 0 aliphatic carbocycles. The molecule has 0 heterocycles. The Bertz CT molecular complexity index is 880.